The first-order chi connectivity index (χ1) is 7.76. The maximum absolute atomic E-state index is 8.70. The van der Waals surface area contributed by atoms with Gasteiger partial charge in [0.05, 0.1) is 0 Å². The number of hydrogen-bond acceptors (Lipinski definition) is 3. The van der Waals surface area contributed by atoms with E-state index in [4.69, 9.17) is 10.8 Å². The van der Waals surface area contributed by atoms with Crippen LogP contribution in [0.4, 0.5) is 0 Å². The van der Waals surface area contributed by atoms with Gasteiger partial charge in [-0.1, -0.05) is 24.3 Å². The number of nitrogens with two attached hydrogens (primary N) is 1. The largest absolute Gasteiger partial charge is 0.396 e. The summed E-state index contributed by atoms with van der Waals surface area (Å²) in [5.41, 5.74) is 8.09. The normalized spacial score (nSPS) is 11.0. The van der Waals surface area contributed by atoms with Crippen LogP contribution in [0.1, 0.15) is 24.0 Å². The van der Waals surface area contributed by atoms with Gasteiger partial charge in [0.25, 0.3) is 0 Å². The first-order valence-corrected chi connectivity index (χ1v) is 5.83. The van der Waals surface area contributed by atoms with Crippen LogP contribution in [0.25, 0.3) is 0 Å². The molecule has 0 radical (unpaired) electrons. The fourth-order valence-electron chi connectivity index (χ4n) is 1.74. The summed E-state index contributed by atoms with van der Waals surface area (Å²) in [5, 5.41) is 8.70. The van der Waals surface area contributed by atoms with Gasteiger partial charge in [0.1, 0.15) is 0 Å². The van der Waals surface area contributed by atoms with Gasteiger partial charge in [0.2, 0.25) is 0 Å². The average Bonchev–Trinajstić information content (AvgIpc) is 2.29. The molecular formula is C13H22N2O. The standard InChI is InChI=1S/C13H22N2O/c1-15(7-2-3-8-16)11-13-6-4-5-12(9-13)10-14/h4-6,9,16H,2-3,7-8,10-11,14H2,1H3. The summed E-state index contributed by atoms with van der Waals surface area (Å²) < 4.78 is 0. The highest BCUT2D eigenvalue weighted by Crippen LogP contribution is 2.07. The van der Waals surface area contributed by atoms with Crippen LogP contribution in [0.2, 0.25) is 0 Å². The Hall–Kier alpha value is -0.900. The summed E-state index contributed by atoms with van der Waals surface area (Å²) in [4.78, 5) is 2.27. The maximum atomic E-state index is 8.70. The van der Waals surface area contributed by atoms with Crippen molar-refractivity contribution >= 4 is 0 Å². The van der Waals surface area contributed by atoms with Gasteiger partial charge >= 0.3 is 0 Å². The van der Waals surface area contributed by atoms with Gasteiger partial charge in [-0.25, -0.2) is 0 Å². The zero-order valence-electron chi connectivity index (χ0n) is 10.0. The summed E-state index contributed by atoms with van der Waals surface area (Å²) in [6.07, 6.45) is 1.93. The van der Waals surface area contributed by atoms with Crippen molar-refractivity contribution < 1.29 is 5.11 Å². The second kappa shape index (κ2) is 7.39. The molecule has 1 rings (SSSR count). The number of aliphatic hydroxyl groups excluding tert-OH is 1. The van der Waals surface area contributed by atoms with Gasteiger partial charge in [-0.2, -0.15) is 0 Å². The van der Waals surface area contributed by atoms with Crippen molar-refractivity contribution in [2.45, 2.75) is 25.9 Å². The zero-order chi connectivity index (χ0) is 11.8. The molecule has 0 atom stereocenters. The highest BCUT2D eigenvalue weighted by Gasteiger charge is 2.00. The van der Waals surface area contributed by atoms with Crippen LogP contribution >= 0.6 is 0 Å². The van der Waals surface area contributed by atoms with Crippen molar-refractivity contribution in [3.05, 3.63) is 35.4 Å². The predicted octanol–water partition coefficient (Wildman–Crippen LogP) is 1.35. The molecule has 1 aromatic carbocycles. The van der Waals surface area contributed by atoms with Crippen LogP contribution in [0.3, 0.4) is 0 Å². The summed E-state index contributed by atoms with van der Waals surface area (Å²) in [6.45, 7) is 2.85. The van der Waals surface area contributed by atoms with E-state index in [0.29, 0.717) is 6.54 Å². The minimum absolute atomic E-state index is 0.288. The second-order valence-corrected chi connectivity index (χ2v) is 4.19. The number of unbranched alkanes of at least 4 members (excludes halogenated alkanes) is 1. The maximum Gasteiger partial charge on any atom is 0.0431 e. The molecule has 0 spiro atoms. The molecule has 0 aliphatic rings. The third-order valence-electron chi connectivity index (χ3n) is 2.63. The fraction of sp³-hybridized carbons (Fsp3) is 0.538. The SMILES string of the molecule is CN(CCCCO)Cc1cccc(CN)c1. The number of benzene rings is 1. The third-order valence-corrected chi connectivity index (χ3v) is 2.63. The summed E-state index contributed by atoms with van der Waals surface area (Å²) in [7, 11) is 2.10. The minimum Gasteiger partial charge on any atom is -0.396 e. The molecule has 0 fully saturated rings. The predicted molar refractivity (Wildman–Crippen MR) is 67.0 cm³/mol. The summed E-state index contributed by atoms with van der Waals surface area (Å²) in [6, 6.07) is 8.39. The molecule has 0 bridgehead atoms. The number of hydrogen-bond donors (Lipinski definition) is 2. The summed E-state index contributed by atoms with van der Waals surface area (Å²) >= 11 is 0. The third kappa shape index (κ3) is 4.75. The number of nitrogens with zero attached hydrogens (tertiary/aromatic N) is 1. The molecule has 90 valence electrons. The van der Waals surface area contributed by atoms with E-state index in [9.17, 15) is 0 Å². The van der Waals surface area contributed by atoms with Gasteiger partial charge in [-0.05, 0) is 37.6 Å². The zero-order valence-corrected chi connectivity index (χ0v) is 10.0. The quantitative estimate of drug-likeness (QED) is 0.685. The lowest BCUT2D eigenvalue weighted by atomic mass is 10.1. The number of aliphatic hydroxyl groups is 1. The van der Waals surface area contributed by atoms with E-state index in [1.165, 1.54) is 11.1 Å². The monoisotopic (exact) mass is 222 g/mol. The van der Waals surface area contributed by atoms with Crippen molar-refractivity contribution in [2.75, 3.05) is 20.2 Å². The van der Waals surface area contributed by atoms with Crippen LogP contribution < -0.4 is 5.73 Å². The Morgan fingerprint density at radius 3 is 2.69 bits per heavy atom. The van der Waals surface area contributed by atoms with Gasteiger partial charge < -0.3 is 15.7 Å². The van der Waals surface area contributed by atoms with E-state index < -0.39 is 0 Å². The highest BCUT2D eigenvalue weighted by atomic mass is 16.2. The van der Waals surface area contributed by atoms with Crippen molar-refractivity contribution in [3.8, 4) is 0 Å². The molecule has 0 aliphatic carbocycles. The van der Waals surface area contributed by atoms with Crippen LogP contribution in [0.5, 0.6) is 0 Å². The molecule has 0 amide bonds. The first kappa shape index (κ1) is 13.2. The average molecular weight is 222 g/mol. The topological polar surface area (TPSA) is 49.5 Å². The highest BCUT2D eigenvalue weighted by molar-refractivity contribution is 5.23. The number of rotatable bonds is 7. The Balaban J connectivity index is 2.39. The Morgan fingerprint density at radius 2 is 2.00 bits per heavy atom. The van der Waals surface area contributed by atoms with Gasteiger partial charge in [-0.3, -0.25) is 0 Å². The van der Waals surface area contributed by atoms with Crippen LogP contribution in [-0.2, 0) is 13.1 Å². The van der Waals surface area contributed by atoms with Crippen molar-refractivity contribution in [2.24, 2.45) is 5.73 Å². The van der Waals surface area contributed by atoms with Crippen molar-refractivity contribution in [1.82, 2.24) is 4.90 Å². The minimum atomic E-state index is 0.288. The van der Waals surface area contributed by atoms with Crippen LogP contribution in [0.15, 0.2) is 24.3 Å². The van der Waals surface area contributed by atoms with Crippen molar-refractivity contribution in [3.63, 3.8) is 0 Å². The molecule has 3 heteroatoms. The molecule has 1 aromatic rings. The van der Waals surface area contributed by atoms with Crippen LogP contribution in [-0.4, -0.2) is 30.2 Å². The lowest BCUT2D eigenvalue weighted by Crippen LogP contribution is -2.19. The lowest BCUT2D eigenvalue weighted by Gasteiger charge is -2.16. The van der Waals surface area contributed by atoms with E-state index in [2.05, 4.69) is 36.2 Å². The summed E-state index contributed by atoms with van der Waals surface area (Å²) in [5.74, 6) is 0. The van der Waals surface area contributed by atoms with Gasteiger partial charge in [-0.15, -0.1) is 0 Å². The Kier molecular flexibility index (Phi) is 6.08. The molecular weight excluding hydrogens is 200 g/mol. The second-order valence-electron chi connectivity index (χ2n) is 4.19. The fourth-order valence-corrected chi connectivity index (χ4v) is 1.74. The molecule has 16 heavy (non-hydrogen) atoms. The van der Waals surface area contributed by atoms with E-state index in [1.807, 2.05) is 0 Å². The molecule has 0 saturated heterocycles. The smallest absolute Gasteiger partial charge is 0.0431 e. The van der Waals surface area contributed by atoms with E-state index in [0.717, 1.165) is 25.9 Å². The van der Waals surface area contributed by atoms with Crippen LogP contribution in [0, 0.1) is 0 Å². The molecule has 0 aromatic heterocycles. The molecule has 3 N–H and O–H groups in total. The molecule has 0 saturated carbocycles. The molecule has 0 unspecified atom stereocenters. The Morgan fingerprint density at radius 1 is 1.25 bits per heavy atom. The van der Waals surface area contributed by atoms with E-state index in [1.54, 1.807) is 0 Å². The molecule has 3 nitrogen and oxygen atoms in total. The molecule has 0 heterocycles. The van der Waals surface area contributed by atoms with E-state index in [-0.39, 0.29) is 6.61 Å². The van der Waals surface area contributed by atoms with E-state index >= 15 is 0 Å². The Bertz CT molecular complexity index is 302. The van der Waals surface area contributed by atoms with Crippen molar-refractivity contribution in [1.29, 1.82) is 0 Å². The first-order valence-electron chi connectivity index (χ1n) is 5.83. The Labute approximate surface area is 97.9 Å². The van der Waals surface area contributed by atoms with Gasteiger partial charge in [0.15, 0.2) is 0 Å². The lowest BCUT2D eigenvalue weighted by molar-refractivity contribution is 0.261. The molecule has 0 aliphatic heterocycles. The van der Waals surface area contributed by atoms with Gasteiger partial charge in [0, 0.05) is 19.7 Å².